The highest BCUT2D eigenvalue weighted by Crippen LogP contribution is 2.23. The van der Waals surface area contributed by atoms with E-state index in [1.54, 1.807) is 25.5 Å². The lowest BCUT2D eigenvalue weighted by atomic mass is 10.2. The van der Waals surface area contributed by atoms with Gasteiger partial charge in [0.2, 0.25) is 0 Å². The van der Waals surface area contributed by atoms with Crippen LogP contribution in [0.15, 0.2) is 39.2 Å². The number of hydrogen-bond donors (Lipinski definition) is 0. The highest BCUT2D eigenvalue weighted by molar-refractivity contribution is 7.07. The molecule has 0 saturated carbocycles. The van der Waals surface area contributed by atoms with Crippen molar-refractivity contribution < 1.29 is 9.26 Å². The average molecular weight is 341 g/mol. The van der Waals surface area contributed by atoms with E-state index in [1.165, 1.54) is 0 Å². The molecule has 0 aliphatic heterocycles. The number of aryl methyl sites for hydroxylation is 2. The summed E-state index contributed by atoms with van der Waals surface area (Å²) in [4.78, 5) is 5.26. The maximum atomic E-state index is 5.52. The van der Waals surface area contributed by atoms with Crippen molar-refractivity contribution in [3.63, 3.8) is 0 Å². The van der Waals surface area contributed by atoms with Crippen LogP contribution in [0.4, 0.5) is 0 Å². The second-order valence-corrected chi connectivity index (χ2v) is 6.14. The van der Waals surface area contributed by atoms with E-state index in [0.29, 0.717) is 5.76 Å². The van der Waals surface area contributed by atoms with Gasteiger partial charge in [0.25, 0.3) is 0 Å². The second-order valence-electron chi connectivity index (χ2n) is 5.31. The molecular weight excluding hydrogens is 322 g/mol. The van der Waals surface area contributed by atoms with Crippen LogP contribution in [-0.2, 0) is 0 Å². The van der Waals surface area contributed by atoms with Crippen molar-refractivity contribution in [3.05, 3.63) is 57.2 Å². The van der Waals surface area contributed by atoms with Gasteiger partial charge in [-0.2, -0.15) is 0 Å². The Labute approximate surface area is 144 Å². The van der Waals surface area contributed by atoms with Gasteiger partial charge >= 0.3 is 0 Å². The van der Waals surface area contributed by atoms with Crippen LogP contribution in [0.3, 0.4) is 0 Å². The minimum Gasteiger partial charge on any atom is -0.497 e. The molecule has 2 heterocycles. The van der Waals surface area contributed by atoms with Crippen LogP contribution < -0.4 is 9.54 Å². The zero-order valence-electron chi connectivity index (χ0n) is 14.1. The molecule has 0 amide bonds. The number of methoxy groups -OCH3 is 1. The van der Waals surface area contributed by atoms with Crippen molar-refractivity contribution in [2.45, 2.75) is 13.8 Å². The van der Waals surface area contributed by atoms with E-state index in [4.69, 9.17) is 9.26 Å². The molecule has 0 bridgehead atoms. The average Bonchev–Trinajstić information content (AvgIpc) is 3.15. The predicted octanol–water partition coefficient (Wildman–Crippen LogP) is 3.85. The van der Waals surface area contributed by atoms with Gasteiger partial charge in [0.15, 0.2) is 10.6 Å². The van der Waals surface area contributed by atoms with Crippen molar-refractivity contribution in [2.75, 3.05) is 14.2 Å². The van der Waals surface area contributed by atoms with Gasteiger partial charge in [0.1, 0.15) is 17.1 Å². The number of hydrogen-bond acceptors (Lipinski definition) is 5. The van der Waals surface area contributed by atoms with Gasteiger partial charge in [-0.3, -0.25) is 9.56 Å². The van der Waals surface area contributed by atoms with E-state index in [-0.39, 0.29) is 0 Å². The Morgan fingerprint density at radius 1 is 1.21 bits per heavy atom. The summed E-state index contributed by atoms with van der Waals surface area (Å²) in [6.45, 7) is 3.99. The summed E-state index contributed by atoms with van der Waals surface area (Å²) in [6.07, 6.45) is 3.93. The number of benzene rings is 1. The van der Waals surface area contributed by atoms with E-state index in [0.717, 1.165) is 33.2 Å². The lowest BCUT2D eigenvalue weighted by Gasteiger charge is -2.04. The number of nitrogens with zero attached hydrogens (tertiary/aromatic N) is 3. The molecule has 24 heavy (non-hydrogen) atoms. The first kappa shape index (κ1) is 16.3. The van der Waals surface area contributed by atoms with Crippen LogP contribution in [-0.4, -0.2) is 23.9 Å². The Morgan fingerprint density at radius 2 is 1.96 bits per heavy atom. The van der Waals surface area contributed by atoms with Crippen LogP contribution in [0.5, 0.6) is 5.75 Å². The molecule has 0 aliphatic carbocycles. The molecule has 0 atom stereocenters. The third kappa shape index (κ3) is 3.05. The minimum absolute atomic E-state index is 0.708. The summed E-state index contributed by atoms with van der Waals surface area (Å²) in [5, 5.41) is 6.20. The van der Waals surface area contributed by atoms with Gasteiger partial charge in [-0.15, -0.1) is 11.3 Å². The normalized spacial score (nSPS) is 12.2. The zero-order chi connectivity index (χ0) is 17.1. The van der Waals surface area contributed by atoms with Gasteiger partial charge in [-0.1, -0.05) is 23.4 Å². The number of rotatable bonds is 4. The van der Waals surface area contributed by atoms with E-state index >= 15 is 0 Å². The minimum atomic E-state index is 0.708. The van der Waals surface area contributed by atoms with E-state index in [9.17, 15) is 0 Å². The summed E-state index contributed by atoms with van der Waals surface area (Å²) < 4.78 is 12.8. The van der Waals surface area contributed by atoms with E-state index in [1.807, 2.05) is 43.3 Å². The molecule has 0 aliphatic rings. The van der Waals surface area contributed by atoms with Crippen molar-refractivity contribution >= 4 is 23.5 Å². The number of thiazole rings is 1. The smallest absolute Gasteiger partial charge is 0.189 e. The third-order valence-corrected chi connectivity index (χ3v) is 4.73. The van der Waals surface area contributed by atoms with Crippen molar-refractivity contribution in [1.29, 1.82) is 0 Å². The predicted molar refractivity (Wildman–Crippen MR) is 96.6 cm³/mol. The zero-order valence-corrected chi connectivity index (χ0v) is 14.9. The summed E-state index contributed by atoms with van der Waals surface area (Å²) in [7, 11) is 3.45. The van der Waals surface area contributed by atoms with Gasteiger partial charge in [0, 0.05) is 18.1 Å². The molecule has 0 saturated heterocycles. The quantitative estimate of drug-likeness (QED) is 0.724. The summed E-state index contributed by atoms with van der Waals surface area (Å²) >= 11 is 1.60. The lowest BCUT2D eigenvalue weighted by molar-refractivity contribution is 0.408. The molecule has 0 N–H and O–H groups in total. The maximum absolute atomic E-state index is 5.52. The Balaban J connectivity index is 2.01. The first-order valence-electron chi connectivity index (χ1n) is 7.52. The monoisotopic (exact) mass is 341 g/mol. The second kappa shape index (κ2) is 6.88. The third-order valence-electron chi connectivity index (χ3n) is 3.69. The first-order valence-corrected chi connectivity index (χ1v) is 8.40. The summed E-state index contributed by atoms with van der Waals surface area (Å²) in [6, 6.07) is 7.85. The van der Waals surface area contributed by atoms with Crippen molar-refractivity contribution in [1.82, 2.24) is 9.72 Å². The molecule has 0 spiro atoms. The van der Waals surface area contributed by atoms with Crippen molar-refractivity contribution in [3.8, 4) is 11.4 Å². The summed E-state index contributed by atoms with van der Waals surface area (Å²) in [5.41, 5.74) is 3.93. The Hall–Kier alpha value is -2.60. The topological polar surface area (TPSA) is 52.5 Å². The maximum Gasteiger partial charge on any atom is 0.189 e. The molecule has 0 unspecified atom stereocenters. The molecule has 5 nitrogen and oxygen atoms in total. The highest BCUT2D eigenvalue weighted by atomic mass is 32.1. The molecule has 1 aromatic carbocycles. The highest BCUT2D eigenvalue weighted by Gasteiger charge is 2.16. The number of ether oxygens (including phenoxy) is 1. The SMILES string of the molecule is CN=c1scc(C)n1-c1c(C)noc1/C=C/c1ccc(OC)cc1. The molecule has 2 aromatic heterocycles. The van der Waals surface area contributed by atoms with E-state index < -0.39 is 0 Å². The largest absolute Gasteiger partial charge is 0.497 e. The van der Waals surface area contributed by atoms with Crippen LogP contribution >= 0.6 is 11.3 Å². The van der Waals surface area contributed by atoms with Crippen LogP contribution in [0.2, 0.25) is 0 Å². The molecule has 3 rings (SSSR count). The Morgan fingerprint density at radius 3 is 2.62 bits per heavy atom. The number of aromatic nitrogens is 2. The summed E-state index contributed by atoms with van der Waals surface area (Å²) in [5.74, 6) is 1.54. The van der Waals surface area contributed by atoms with Crippen LogP contribution in [0.25, 0.3) is 17.8 Å². The molecule has 6 heteroatoms. The first-order chi connectivity index (χ1) is 11.6. The molecule has 124 valence electrons. The van der Waals surface area contributed by atoms with Gasteiger partial charge in [-0.25, -0.2) is 0 Å². The Bertz CT molecular complexity index is 930. The van der Waals surface area contributed by atoms with Gasteiger partial charge in [0.05, 0.1) is 7.11 Å². The Kier molecular flexibility index (Phi) is 4.66. The van der Waals surface area contributed by atoms with Gasteiger partial charge < -0.3 is 9.26 Å². The van der Waals surface area contributed by atoms with Crippen LogP contribution in [0.1, 0.15) is 22.7 Å². The molecular formula is C18H19N3O2S. The fourth-order valence-electron chi connectivity index (χ4n) is 2.47. The molecule has 0 radical (unpaired) electrons. The van der Waals surface area contributed by atoms with Crippen LogP contribution in [0, 0.1) is 13.8 Å². The standard InChI is InChI=1S/C18H19N3O2S/c1-12-11-24-18(19-3)21(12)17-13(2)20-23-16(17)10-7-14-5-8-15(22-4)9-6-14/h5-11H,1-4H3/b10-7+,19-18?. The van der Waals surface area contributed by atoms with Crippen molar-refractivity contribution in [2.24, 2.45) is 4.99 Å². The van der Waals surface area contributed by atoms with E-state index in [2.05, 4.69) is 27.0 Å². The van der Waals surface area contributed by atoms with Gasteiger partial charge in [-0.05, 0) is 37.6 Å². The molecule has 0 fully saturated rings. The molecule has 3 aromatic rings. The lowest BCUT2D eigenvalue weighted by Crippen LogP contribution is -2.15. The fourth-order valence-corrected chi connectivity index (χ4v) is 3.30. The fraction of sp³-hybridized carbons (Fsp3) is 0.222.